The first-order chi connectivity index (χ1) is 24.0. The van der Waals surface area contributed by atoms with Gasteiger partial charge in [-0.25, -0.2) is 9.88 Å². The number of hydrogen-bond donors (Lipinski definition) is 3. The number of hydrogen-bond acceptors (Lipinski definition) is 7. The molecule has 1 amide bonds. The second kappa shape index (κ2) is 24.3. The van der Waals surface area contributed by atoms with E-state index in [1.165, 1.54) is 0 Å². The standard InChI is InChI=1S/C37H50FN4O6P/c1-2-3-4-5-6-7-8-9-10-11-12-13-14-15-16-17-21-24-34(43)39-27-28-40-49(48-31-22-19-18-20-23-31)46-30-32-25-26-35(47-32)42-29-33(38)36(44)41-37(42)45/h3-4,6-7,9-10,12-13,15-16,18-20,22-23,29,32,35,40H,2,5,8,11,14,17,21,24-28,30H2,1H3,(H,39,43)(H,41,44,45)/b4-3-,7-6-,10-9-,13-12-,16-15-. The number of halogens is 1. The van der Waals surface area contributed by atoms with Gasteiger partial charge in [0.05, 0.1) is 18.9 Å². The first kappa shape index (κ1) is 39.5. The summed E-state index contributed by atoms with van der Waals surface area (Å²) >= 11 is 0. The van der Waals surface area contributed by atoms with Gasteiger partial charge in [-0.2, -0.15) is 4.39 Å². The van der Waals surface area contributed by atoms with E-state index in [2.05, 4.69) is 78.1 Å². The molecule has 1 fully saturated rings. The van der Waals surface area contributed by atoms with Crippen molar-refractivity contribution in [3.63, 3.8) is 0 Å². The van der Waals surface area contributed by atoms with Gasteiger partial charge in [-0.1, -0.05) is 85.9 Å². The molecule has 1 saturated heterocycles. The van der Waals surface area contributed by atoms with E-state index in [9.17, 15) is 18.8 Å². The molecule has 1 aliphatic rings. The summed E-state index contributed by atoms with van der Waals surface area (Å²) < 4.78 is 32.7. The van der Waals surface area contributed by atoms with E-state index >= 15 is 0 Å². The van der Waals surface area contributed by atoms with Crippen LogP contribution < -0.4 is 26.2 Å². The fourth-order valence-corrected chi connectivity index (χ4v) is 5.83. The molecule has 0 spiro atoms. The molecule has 12 heteroatoms. The van der Waals surface area contributed by atoms with Crippen molar-refractivity contribution in [2.24, 2.45) is 0 Å². The normalized spacial score (nSPS) is 17.3. The predicted molar refractivity (Wildman–Crippen MR) is 194 cm³/mol. The number of benzene rings is 1. The SMILES string of the molecule is CC/C=C\C/C=C\C/C=C\C/C=C\C/C=C\CCCC(=O)NCCNP(OCC1CCC(n2cc(F)c(=O)[nH]c2=O)O1)Oc1ccccc1. The molecule has 3 atom stereocenters. The first-order valence-electron chi connectivity index (χ1n) is 17.0. The number of amides is 1. The maximum absolute atomic E-state index is 13.7. The van der Waals surface area contributed by atoms with Gasteiger partial charge in [0.1, 0.15) is 12.0 Å². The van der Waals surface area contributed by atoms with Crippen LogP contribution in [0, 0.1) is 5.82 Å². The van der Waals surface area contributed by atoms with Crippen molar-refractivity contribution < 1.29 is 23.0 Å². The average Bonchev–Trinajstić information content (AvgIpc) is 3.57. The zero-order chi connectivity index (χ0) is 34.9. The van der Waals surface area contributed by atoms with Gasteiger partial charge >= 0.3 is 14.2 Å². The maximum atomic E-state index is 13.7. The lowest BCUT2D eigenvalue weighted by Gasteiger charge is -2.21. The van der Waals surface area contributed by atoms with Gasteiger partial charge in [0.15, 0.2) is 0 Å². The Morgan fingerprint density at radius 2 is 1.61 bits per heavy atom. The van der Waals surface area contributed by atoms with Crippen LogP contribution >= 0.6 is 8.53 Å². The highest BCUT2D eigenvalue weighted by atomic mass is 31.2. The van der Waals surface area contributed by atoms with Crippen molar-refractivity contribution in [1.29, 1.82) is 0 Å². The molecule has 2 heterocycles. The Bertz CT molecular complexity index is 1500. The van der Waals surface area contributed by atoms with E-state index in [0.717, 1.165) is 55.7 Å². The molecule has 2 aromatic rings. The number of nitrogens with one attached hydrogen (secondary N) is 3. The van der Waals surface area contributed by atoms with Crippen molar-refractivity contribution in [3.8, 4) is 5.75 Å². The molecule has 0 aliphatic carbocycles. The second-order valence-corrected chi connectivity index (χ2v) is 12.5. The Hall–Kier alpha value is -3.89. The van der Waals surface area contributed by atoms with Crippen LogP contribution in [0.5, 0.6) is 5.75 Å². The highest BCUT2D eigenvalue weighted by Gasteiger charge is 2.29. The van der Waals surface area contributed by atoms with E-state index in [1.807, 2.05) is 35.3 Å². The summed E-state index contributed by atoms with van der Waals surface area (Å²) in [6.07, 6.45) is 29.4. The van der Waals surface area contributed by atoms with Gasteiger partial charge in [0, 0.05) is 19.5 Å². The zero-order valence-electron chi connectivity index (χ0n) is 28.3. The monoisotopic (exact) mass is 696 g/mol. The van der Waals surface area contributed by atoms with Crippen LogP contribution in [0.1, 0.15) is 77.4 Å². The van der Waals surface area contributed by atoms with E-state index in [-0.39, 0.29) is 18.6 Å². The van der Waals surface area contributed by atoms with Gasteiger partial charge in [0.2, 0.25) is 11.7 Å². The summed E-state index contributed by atoms with van der Waals surface area (Å²) in [5.41, 5.74) is -1.79. The topological polar surface area (TPSA) is 124 Å². The Balaban J connectivity index is 1.28. The number of carbonyl (C=O) groups excluding carboxylic acids is 1. The average molecular weight is 697 g/mol. The van der Waals surface area contributed by atoms with Gasteiger partial charge in [-0.15, -0.1) is 0 Å². The summed E-state index contributed by atoms with van der Waals surface area (Å²) in [6.45, 7) is 3.15. The minimum absolute atomic E-state index is 0.0114. The fourth-order valence-electron chi connectivity index (χ4n) is 4.71. The number of nitrogens with zero attached hydrogens (tertiary/aromatic N) is 1. The lowest BCUT2D eigenvalue weighted by atomic mass is 10.2. The molecule has 3 unspecified atom stereocenters. The van der Waals surface area contributed by atoms with Crippen molar-refractivity contribution >= 4 is 14.4 Å². The molecule has 3 rings (SSSR count). The summed E-state index contributed by atoms with van der Waals surface area (Å²) in [5.74, 6) is -0.437. The van der Waals surface area contributed by atoms with Crippen molar-refractivity contribution in [2.75, 3.05) is 19.7 Å². The number of unbranched alkanes of at least 4 members (excludes halogenated alkanes) is 1. The number of aromatic amines is 1. The van der Waals surface area contributed by atoms with Crippen LogP contribution in [0.3, 0.4) is 0 Å². The van der Waals surface area contributed by atoms with Crippen LogP contribution in [-0.4, -0.2) is 41.3 Å². The Morgan fingerprint density at radius 1 is 0.959 bits per heavy atom. The number of para-hydroxylation sites is 1. The summed E-state index contributed by atoms with van der Waals surface area (Å²) in [6, 6.07) is 9.23. The van der Waals surface area contributed by atoms with Crippen molar-refractivity contribution in [2.45, 2.75) is 83.5 Å². The lowest BCUT2D eigenvalue weighted by Crippen LogP contribution is -2.34. The van der Waals surface area contributed by atoms with Gasteiger partial charge in [-0.05, 0) is 69.9 Å². The van der Waals surface area contributed by atoms with Gasteiger partial charge in [-0.3, -0.25) is 19.1 Å². The van der Waals surface area contributed by atoms with Crippen LogP contribution in [0.4, 0.5) is 4.39 Å². The molecule has 1 aliphatic heterocycles. The smallest absolute Gasteiger partial charge is 0.330 e. The predicted octanol–water partition coefficient (Wildman–Crippen LogP) is 7.30. The molecule has 3 N–H and O–H groups in total. The molecule has 0 saturated carbocycles. The Labute approximate surface area is 289 Å². The third-order valence-electron chi connectivity index (χ3n) is 7.25. The summed E-state index contributed by atoms with van der Waals surface area (Å²) in [4.78, 5) is 37.7. The van der Waals surface area contributed by atoms with Crippen LogP contribution in [0.25, 0.3) is 0 Å². The third kappa shape index (κ3) is 16.9. The van der Waals surface area contributed by atoms with Gasteiger partial charge in [0.25, 0.3) is 5.56 Å². The van der Waals surface area contributed by atoms with E-state index < -0.39 is 31.8 Å². The Morgan fingerprint density at radius 3 is 2.29 bits per heavy atom. The second-order valence-electron chi connectivity index (χ2n) is 11.2. The first-order valence-corrected chi connectivity index (χ1v) is 18.2. The quantitative estimate of drug-likeness (QED) is 0.0633. The number of ether oxygens (including phenoxy) is 1. The van der Waals surface area contributed by atoms with E-state index in [1.54, 1.807) is 0 Å². The number of allylic oxidation sites excluding steroid dienone is 10. The summed E-state index contributed by atoms with van der Waals surface area (Å²) in [5, 5.41) is 6.15. The zero-order valence-corrected chi connectivity index (χ0v) is 29.2. The maximum Gasteiger partial charge on any atom is 0.330 e. The highest BCUT2D eigenvalue weighted by Crippen LogP contribution is 2.37. The van der Waals surface area contributed by atoms with Crippen LogP contribution in [0.15, 0.2) is 107 Å². The summed E-state index contributed by atoms with van der Waals surface area (Å²) in [7, 11) is -1.58. The molecule has 0 radical (unpaired) electrons. The Kier molecular flexibility index (Phi) is 19.6. The number of carbonyl (C=O) groups is 1. The van der Waals surface area contributed by atoms with Crippen molar-refractivity contribution in [1.82, 2.24) is 20.0 Å². The van der Waals surface area contributed by atoms with Gasteiger partial charge < -0.3 is 19.1 Å². The molecule has 266 valence electrons. The van der Waals surface area contributed by atoms with Crippen LogP contribution in [0.2, 0.25) is 0 Å². The molecular formula is C37H50FN4O6P. The highest BCUT2D eigenvalue weighted by molar-refractivity contribution is 7.45. The molecule has 0 bridgehead atoms. The molecular weight excluding hydrogens is 646 g/mol. The molecule has 1 aromatic carbocycles. The van der Waals surface area contributed by atoms with Crippen molar-refractivity contribution in [3.05, 3.63) is 124 Å². The minimum atomic E-state index is -1.58. The largest absolute Gasteiger partial charge is 0.436 e. The third-order valence-corrected chi connectivity index (χ3v) is 8.49. The molecule has 10 nitrogen and oxygen atoms in total. The number of aromatic nitrogens is 2. The van der Waals surface area contributed by atoms with E-state index in [4.69, 9.17) is 13.8 Å². The number of rotatable bonds is 23. The van der Waals surface area contributed by atoms with E-state index in [0.29, 0.717) is 38.1 Å². The van der Waals surface area contributed by atoms with Crippen LogP contribution in [-0.2, 0) is 14.1 Å². The molecule has 49 heavy (non-hydrogen) atoms. The number of H-pyrrole nitrogens is 1. The lowest BCUT2D eigenvalue weighted by molar-refractivity contribution is -0.121. The fraction of sp³-hybridized carbons (Fsp3) is 0.432. The minimum Gasteiger partial charge on any atom is -0.436 e. The molecule has 1 aromatic heterocycles.